The highest BCUT2D eigenvalue weighted by atomic mass is 32.1. The minimum absolute atomic E-state index is 0.865. The Morgan fingerprint density at radius 1 is 0.628 bits per heavy atom. The largest absolute Gasteiger partial charge is 0.301 e. The van der Waals surface area contributed by atoms with Crippen LogP contribution in [-0.2, 0) is 0 Å². The van der Waals surface area contributed by atoms with Crippen LogP contribution in [0.2, 0.25) is 0 Å². The Morgan fingerprint density at radius 3 is 2.14 bits per heavy atom. The first-order valence-electron chi connectivity index (χ1n) is 14.5. The third kappa shape index (κ3) is 4.20. The summed E-state index contributed by atoms with van der Waals surface area (Å²) in [4.78, 5) is 6.95. The van der Waals surface area contributed by atoms with Crippen LogP contribution in [0.25, 0.3) is 53.3 Å². The van der Waals surface area contributed by atoms with Gasteiger partial charge in [-0.2, -0.15) is 0 Å². The highest BCUT2D eigenvalue weighted by Crippen LogP contribution is 2.41. The summed E-state index contributed by atoms with van der Waals surface area (Å²) in [6, 6.07) is 47.8. The molecule has 204 valence electrons. The summed E-state index contributed by atoms with van der Waals surface area (Å²) in [5, 5.41) is 5.09. The van der Waals surface area contributed by atoms with E-state index >= 15 is 0 Å². The quantitative estimate of drug-likeness (QED) is 0.153. The highest BCUT2D eigenvalue weighted by molar-refractivity contribution is 7.26. The molecular weight excluding hydrogens is 541 g/mol. The van der Waals surface area contributed by atoms with E-state index in [1.807, 2.05) is 18.4 Å². The van der Waals surface area contributed by atoms with Crippen LogP contribution >= 0.6 is 11.3 Å². The van der Waals surface area contributed by atoms with Crippen molar-refractivity contribution < 1.29 is 0 Å². The van der Waals surface area contributed by atoms with Gasteiger partial charge in [0, 0.05) is 55.8 Å². The molecule has 43 heavy (non-hydrogen) atoms. The number of hydrogen-bond acceptors (Lipinski definition) is 2. The number of nitrogens with zero attached hydrogens (tertiary/aromatic N) is 2. The van der Waals surface area contributed by atoms with Gasteiger partial charge < -0.3 is 4.90 Å². The van der Waals surface area contributed by atoms with E-state index in [1.165, 1.54) is 53.2 Å². The van der Waals surface area contributed by atoms with Crippen molar-refractivity contribution >= 4 is 59.4 Å². The van der Waals surface area contributed by atoms with Crippen molar-refractivity contribution in [3.63, 3.8) is 0 Å². The second-order valence-corrected chi connectivity index (χ2v) is 11.9. The number of hydrogen-bond donors (Lipinski definition) is 0. The Morgan fingerprint density at radius 2 is 1.30 bits per heavy atom. The number of benzene rings is 6. The van der Waals surface area contributed by atoms with E-state index in [1.54, 1.807) is 0 Å². The molecule has 3 heteroatoms. The standard InChI is InChI=1S/C40H28N2S/c1-26-32-12-5-6-13-34(32)37(31-23-18-27-10-3-4-11-30(27)24-31)25-42(26)40(41-2)29-21-19-28(20-22-29)33-15-9-16-36-35-14-7-8-17-38(35)43-39(33)36/h3-25H,1H2,2H3. The maximum Gasteiger partial charge on any atom is 0.139 e. The van der Waals surface area contributed by atoms with Crippen molar-refractivity contribution in [1.82, 2.24) is 4.90 Å². The smallest absolute Gasteiger partial charge is 0.139 e. The fourth-order valence-electron chi connectivity index (χ4n) is 6.30. The fourth-order valence-corrected chi connectivity index (χ4v) is 7.54. The van der Waals surface area contributed by atoms with Crippen LogP contribution in [0.5, 0.6) is 0 Å². The summed E-state index contributed by atoms with van der Waals surface area (Å²) in [6.45, 7) is 4.53. The van der Waals surface area contributed by atoms with Gasteiger partial charge in [0.1, 0.15) is 5.84 Å². The van der Waals surface area contributed by atoms with Crippen molar-refractivity contribution in [2.75, 3.05) is 7.05 Å². The van der Waals surface area contributed by atoms with E-state index < -0.39 is 0 Å². The lowest BCUT2D eigenvalue weighted by atomic mass is 9.89. The molecule has 8 rings (SSSR count). The van der Waals surface area contributed by atoms with Crippen LogP contribution in [0.1, 0.15) is 22.3 Å². The summed E-state index contributed by atoms with van der Waals surface area (Å²) in [6.07, 6.45) is 2.20. The molecule has 0 saturated carbocycles. The molecule has 0 aliphatic carbocycles. The summed E-state index contributed by atoms with van der Waals surface area (Å²) in [7, 11) is 1.86. The lowest BCUT2D eigenvalue weighted by molar-refractivity contribution is 0.783. The second-order valence-electron chi connectivity index (χ2n) is 10.9. The van der Waals surface area contributed by atoms with Gasteiger partial charge in [-0.3, -0.25) is 4.99 Å². The second kappa shape index (κ2) is 10.2. The lowest BCUT2D eigenvalue weighted by Crippen LogP contribution is -2.28. The van der Waals surface area contributed by atoms with E-state index in [0.717, 1.165) is 28.2 Å². The van der Waals surface area contributed by atoms with Crippen LogP contribution in [0.15, 0.2) is 151 Å². The van der Waals surface area contributed by atoms with Gasteiger partial charge in [-0.25, -0.2) is 0 Å². The first-order valence-corrected chi connectivity index (χ1v) is 15.3. The Hall–Kier alpha value is -5.25. The van der Waals surface area contributed by atoms with Gasteiger partial charge in [0.05, 0.1) is 0 Å². The molecule has 0 bridgehead atoms. The maximum absolute atomic E-state index is 4.80. The average molecular weight is 569 g/mol. The normalized spacial score (nSPS) is 13.5. The van der Waals surface area contributed by atoms with E-state index in [9.17, 15) is 0 Å². The zero-order valence-electron chi connectivity index (χ0n) is 23.8. The number of rotatable bonds is 3. The minimum Gasteiger partial charge on any atom is -0.301 e. The monoisotopic (exact) mass is 568 g/mol. The van der Waals surface area contributed by atoms with Gasteiger partial charge in [-0.15, -0.1) is 11.3 Å². The van der Waals surface area contributed by atoms with Crippen molar-refractivity contribution in [1.29, 1.82) is 0 Å². The molecule has 6 aromatic carbocycles. The summed E-state index contributed by atoms with van der Waals surface area (Å²) < 4.78 is 2.64. The van der Waals surface area contributed by atoms with Gasteiger partial charge >= 0.3 is 0 Å². The van der Waals surface area contributed by atoms with E-state index in [2.05, 4.69) is 151 Å². The Kier molecular flexibility index (Phi) is 6.06. The fraction of sp³-hybridized carbons (Fsp3) is 0.0250. The lowest BCUT2D eigenvalue weighted by Gasteiger charge is -2.32. The Bertz CT molecular complexity index is 2270. The molecule has 0 radical (unpaired) electrons. The molecule has 0 spiro atoms. The molecule has 7 aromatic rings. The van der Waals surface area contributed by atoms with Crippen molar-refractivity contribution in [3.05, 3.63) is 168 Å². The van der Waals surface area contributed by atoms with Gasteiger partial charge in [0.25, 0.3) is 0 Å². The van der Waals surface area contributed by atoms with Crippen molar-refractivity contribution in [2.24, 2.45) is 4.99 Å². The Balaban J connectivity index is 1.20. The highest BCUT2D eigenvalue weighted by Gasteiger charge is 2.25. The van der Waals surface area contributed by atoms with Crippen LogP contribution in [0.3, 0.4) is 0 Å². The molecule has 0 saturated heterocycles. The molecule has 0 N–H and O–H groups in total. The maximum atomic E-state index is 4.80. The van der Waals surface area contributed by atoms with Gasteiger partial charge in [0.15, 0.2) is 0 Å². The summed E-state index contributed by atoms with van der Waals surface area (Å²) in [5.74, 6) is 0.865. The summed E-state index contributed by atoms with van der Waals surface area (Å²) in [5.41, 5.74) is 9.04. The van der Waals surface area contributed by atoms with E-state index in [0.29, 0.717) is 0 Å². The average Bonchev–Trinajstić information content (AvgIpc) is 3.45. The third-order valence-corrected chi connectivity index (χ3v) is 9.66. The Labute approximate surface area is 255 Å². The SMILES string of the molecule is C=C1c2ccccc2C(c2ccc3ccccc3c2)=CN1C(=NC)c1ccc(-c2cccc3c2sc2ccccc23)cc1. The molecule has 2 heterocycles. The van der Waals surface area contributed by atoms with Crippen LogP contribution in [-0.4, -0.2) is 17.8 Å². The topological polar surface area (TPSA) is 15.6 Å². The van der Waals surface area contributed by atoms with Crippen LogP contribution < -0.4 is 0 Å². The van der Waals surface area contributed by atoms with Gasteiger partial charge in [-0.1, -0.05) is 128 Å². The molecular formula is C40H28N2S. The number of thiophene rings is 1. The van der Waals surface area contributed by atoms with Gasteiger partial charge in [-0.05, 0) is 45.2 Å². The zero-order valence-corrected chi connectivity index (χ0v) is 24.6. The number of fused-ring (bicyclic) bond motifs is 5. The number of amidine groups is 1. The van der Waals surface area contributed by atoms with Crippen LogP contribution in [0.4, 0.5) is 0 Å². The van der Waals surface area contributed by atoms with Crippen molar-refractivity contribution in [2.45, 2.75) is 0 Å². The molecule has 1 aromatic heterocycles. The number of aliphatic imine (C=N–C) groups is 1. The van der Waals surface area contributed by atoms with Crippen LogP contribution in [0, 0.1) is 0 Å². The minimum atomic E-state index is 0.865. The summed E-state index contributed by atoms with van der Waals surface area (Å²) >= 11 is 1.86. The molecule has 2 nitrogen and oxygen atoms in total. The molecule has 0 atom stereocenters. The predicted octanol–water partition coefficient (Wildman–Crippen LogP) is 10.6. The first kappa shape index (κ1) is 25.5. The van der Waals surface area contributed by atoms with E-state index in [4.69, 9.17) is 4.99 Å². The van der Waals surface area contributed by atoms with Gasteiger partial charge in [0.2, 0.25) is 0 Å². The predicted molar refractivity (Wildman–Crippen MR) is 186 cm³/mol. The molecule has 0 amide bonds. The molecule has 1 aliphatic rings. The molecule has 0 unspecified atom stereocenters. The van der Waals surface area contributed by atoms with Crippen molar-refractivity contribution in [3.8, 4) is 11.1 Å². The zero-order chi connectivity index (χ0) is 28.9. The molecule has 1 aliphatic heterocycles. The van der Waals surface area contributed by atoms with E-state index in [-0.39, 0.29) is 0 Å². The molecule has 0 fully saturated rings. The third-order valence-electron chi connectivity index (χ3n) is 8.44. The first-order chi connectivity index (χ1) is 21.2.